The zero-order chi connectivity index (χ0) is 16.7. The lowest BCUT2D eigenvalue weighted by atomic mass is 9.88. The third kappa shape index (κ3) is 2.55. The van der Waals surface area contributed by atoms with Crippen molar-refractivity contribution in [3.63, 3.8) is 0 Å². The minimum Gasteiger partial charge on any atom is -0.497 e. The number of rotatable bonds is 3. The van der Waals surface area contributed by atoms with Crippen LogP contribution in [0.4, 0.5) is 0 Å². The molecule has 1 aromatic carbocycles. The summed E-state index contributed by atoms with van der Waals surface area (Å²) in [6.45, 7) is 0.787. The van der Waals surface area contributed by atoms with Gasteiger partial charge in [-0.3, -0.25) is 0 Å². The number of aryl methyl sites for hydroxylation is 2. The standard InChI is InChI=1S/C19H23N4O/c1-22-12-18-17-8-5-15(20)9-14(17)10-21-19(18)23(22)11-13-3-6-16(24-2)7-4-13/h3-4,6-7,10,12,15H,5,8-9,11,20H2,1-2H3/q+1. The van der Waals surface area contributed by atoms with Gasteiger partial charge in [0.25, 0.3) is 0 Å². The van der Waals surface area contributed by atoms with Crippen LogP contribution in [0, 0.1) is 0 Å². The number of hydrogen-bond acceptors (Lipinski definition) is 3. The lowest BCUT2D eigenvalue weighted by Gasteiger charge is -2.20. The number of nitrogens with zero attached hydrogens (tertiary/aromatic N) is 3. The van der Waals surface area contributed by atoms with Crippen LogP contribution in [0.3, 0.4) is 0 Å². The molecule has 0 amide bonds. The van der Waals surface area contributed by atoms with Crippen molar-refractivity contribution in [1.29, 1.82) is 0 Å². The van der Waals surface area contributed by atoms with E-state index >= 15 is 0 Å². The van der Waals surface area contributed by atoms with E-state index in [1.54, 1.807) is 7.11 Å². The zero-order valence-electron chi connectivity index (χ0n) is 14.2. The highest BCUT2D eigenvalue weighted by Crippen LogP contribution is 2.27. The van der Waals surface area contributed by atoms with Gasteiger partial charge < -0.3 is 10.5 Å². The number of ether oxygens (including phenoxy) is 1. The molecular formula is C19H23N4O+. The van der Waals surface area contributed by atoms with Crippen LogP contribution in [0.5, 0.6) is 5.75 Å². The molecule has 2 aromatic heterocycles. The van der Waals surface area contributed by atoms with Crippen LogP contribution in [-0.4, -0.2) is 22.8 Å². The van der Waals surface area contributed by atoms with Crippen LogP contribution in [0.1, 0.15) is 23.1 Å². The van der Waals surface area contributed by atoms with Crippen molar-refractivity contribution < 1.29 is 9.42 Å². The Hall–Kier alpha value is -2.40. The minimum atomic E-state index is 0.270. The highest BCUT2D eigenvalue weighted by molar-refractivity contribution is 5.79. The quantitative estimate of drug-likeness (QED) is 0.747. The zero-order valence-corrected chi connectivity index (χ0v) is 14.2. The lowest BCUT2D eigenvalue weighted by molar-refractivity contribution is -0.750. The monoisotopic (exact) mass is 323 g/mol. The second kappa shape index (κ2) is 5.91. The average molecular weight is 323 g/mol. The van der Waals surface area contributed by atoms with E-state index in [-0.39, 0.29) is 6.04 Å². The van der Waals surface area contributed by atoms with Gasteiger partial charge in [0.15, 0.2) is 7.05 Å². The summed E-state index contributed by atoms with van der Waals surface area (Å²) in [7, 11) is 3.76. The molecule has 2 N–H and O–H groups in total. The van der Waals surface area contributed by atoms with Gasteiger partial charge in [0.05, 0.1) is 12.5 Å². The molecule has 3 aromatic rings. The molecule has 0 saturated heterocycles. The van der Waals surface area contributed by atoms with Crippen LogP contribution < -0.4 is 15.2 Å². The molecule has 5 heteroatoms. The fourth-order valence-corrected chi connectivity index (χ4v) is 3.62. The number of pyridine rings is 1. The van der Waals surface area contributed by atoms with Crippen LogP contribution in [0.15, 0.2) is 36.7 Å². The molecule has 4 rings (SSSR count). The third-order valence-electron chi connectivity index (χ3n) is 4.98. The first kappa shape index (κ1) is 15.1. The molecule has 2 heterocycles. The maximum Gasteiger partial charge on any atom is 0.205 e. The first-order valence-electron chi connectivity index (χ1n) is 8.40. The van der Waals surface area contributed by atoms with E-state index in [1.165, 1.54) is 22.1 Å². The maximum atomic E-state index is 6.11. The smallest absolute Gasteiger partial charge is 0.205 e. The SMILES string of the molecule is COc1ccc(Cn2c3ncc4c(c3c[n+]2C)CCC(N)C4)cc1. The van der Waals surface area contributed by atoms with Crippen molar-refractivity contribution in [2.75, 3.05) is 7.11 Å². The predicted octanol–water partition coefficient (Wildman–Crippen LogP) is 1.73. The number of aromatic nitrogens is 3. The molecule has 0 fully saturated rings. The minimum absolute atomic E-state index is 0.270. The predicted molar refractivity (Wildman–Crippen MR) is 93.0 cm³/mol. The molecule has 0 bridgehead atoms. The van der Waals surface area contributed by atoms with Crippen LogP contribution in [0.25, 0.3) is 11.0 Å². The van der Waals surface area contributed by atoms with Gasteiger partial charge in [0, 0.05) is 12.2 Å². The van der Waals surface area contributed by atoms with Gasteiger partial charge in [-0.1, -0.05) is 12.1 Å². The van der Waals surface area contributed by atoms with E-state index in [0.717, 1.165) is 37.2 Å². The third-order valence-corrected chi connectivity index (χ3v) is 4.98. The summed E-state index contributed by atoms with van der Waals surface area (Å²) >= 11 is 0. The second-order valence-electron chi connectivity index (χ2n) is 6.61. The Morgan fingerprint density at radius 2 is 2.12 bits per heavy atom. The Kier molecular flexibility index (Phi) is 3.73. The number of nitrogens with two attached hydrogens (primary N) is 1. The van der Waals surface area contributed by atoms with E-state index in [2.05, 4.69) is 34.7 Å². The Labute approximate surface area is 141 Å². The molecule has 0 aliphatic heterocycles. The van der Waals surface area contributed by atoms with E-state index in [4.69, 9.17) is 15.5 Å². The fraction of sp³-hybridized carbons (Fsp3) is 0.368. The molecule has 1 atom stereocenters. The van der Waals surface area contributed by atoms with E-state index < -0.39 is 0 Å². The van der Waals surface area contributed by atoms with Crippen molar-refractivity contribution in [3.8, 4) is 5.75 Å². The van der Waals surface area contributed by atoms with Crippen molar-refractivity contribution in [1.82, 2.24) is 9.67 Å². The molecule has 0 spiro atoms. The first-order valence-corrected chi connectivity index (χ1v) is 8.40. The summed E-state index contributed by atoms with van der Waals surface area (Å²) in [5.74, 6) is 0.879. The van der Waals surface area contributed by atoms with Crippen LogP contribution in [-0.2, 0) is 26.4 Å². The van der Waals surface area contributed by atoms with Crippen LogP contribution in [0.2, 0.25) is 0 Å². The molecule has 1 unspecified atom stereocenters. The van der Waals surface area contributed by atoms with Gasteiger partial charge in [-0.15, -0.1) is 9.36 Å². The maximum absolute atomic E-state index is 6.11. The van der Waals surface area contributed by atoms with Crippen molar-refractivity contribution in [3.05, 3.63) is 53.3 Å². The van der Waals surface area contributed by atoms with E-state index in [0.29, 0.717) is 0 Å². The number of fused-ring (bicyclic) bond motifs is 3. The van der Waals surface area contributed by atoms with Crippen LogP contribution >= 0.6 is 0 Å². The van der Waals surface area contributed by atoms with Gasteiger partial charge in [0.2, 0.25) is 11.8 Å². The van der Waals surface area contributed by atoms with Gasteiger partial charge in [-0.2, -0.15) is 0 Å². The van der Waals surface area contributed by atoms with Gasteiger partial charge >= 0.3 is 0 Å². The topological polar surface area (TPSA) is 57.0 Å². The molecule has 0 saturated carbocycles. The van der Waals surface area contributed by atoms with Crippen molar-refractivity contribution in [2.45, 2.75) is 31.8 Å². The normalized spacial score (nSPS) is 17.0. The Bertz CT molecular complexity index is 883. The fourth-order valence-electron chi connectivity index (χ4n) is 3.62. The molecule has 1 aliphatic carbocycles. The Morgan fingerprint density at radius 3 is 2.88 bits per heavy atom. The molecular weight excluding hydrogens is 300 g/mol. The van der Waals surface area contributed by atoms with E-state index in [1.807, 2.05) is 18.3 Å². The molecule has 124 valence electrons. The first-order chi connectivity index (χ1) is 11.7. The summed E-state index contributed by atoms with van der Waals surface area (Å²) in [5.41, 5.74) is 11.1. The van der Waals surface area contributed by atoms with Gasteiger partial charge in [0.1, 0.15) is 12.3 Å². The van der Waals surface area contributed by atoms with Gasteiger partial charge in [-0.25, -0.2) is 4.98 Å². The molecule has 24 heavy (non-hydrogen) atoms. The highest BCUT2D eigenvalue weighted by Gasteiger charge is 2.23. The number of benzene rings is 1. The van der Waals surface area contributed by atoms with Gasteiger partial charge in [-0.05, 0) is 48.1 Å². The number of hydrogen-bond donors (Lipinski definition) is 1. The van der Waals surface area contributed by atoms with Crippen molar-refractivity contribution >= 4 is 11.0 Å². The molecule has 1 aliphatic rings. The summed E-state index contributed by atoms with van der Waals surface area (Å²) in [6.07, 6.45) is 7.25. The average Bonchev–Trinajstić information content (AvgIpc) is 2.91. The largest absolute Gasteiger partial charge is 0.497 e. The number of methoxy groups -OCH3 is 1. The second-order valence-corrected chi connectivity index (χ2v) is 6.61. The van der Waals surface area contributed by atoms with Crippen molar-refractivity contribution in [2.24, 2.45) is 12.8 Å². The Balaban J connectivity index is 1.74. The summed E-state index contributed by atoms with van der Waals surface area (Å²) in [4.78, 5) is 4.74. The molecule has 0 radical (unpaired) electrons. The molecule has 5 nitrogen and oxygen atoms in total. The summed E-state index contributed by atoms with van der Waals surface area (Å²) in [5, 5.41) is 1.26. The van der Waals surface area contributed by atoms with E-state index in [9.17, 15) is 0 Å². The highest BCUT2D eigenvalue weighted by atomic mass is 16.5. The Morgan fingerprint density at radius 1 is 1.33 bits per heavy atom. The summed E-state index contributed by atoms with van der Waals surface area (Å²) in [6, 6.07) is 8.46. The lowest BCUT2D eigenvalue weighted by Crippen LogP contribution is -2.38. The summed E-state index contributed by atoms with van der Waals surface area (Å²) < 4.78 is 9.58.